The maximum Gasteiger partial charge on any atom is 0.114 e. The molecular weight excluding hydrogens is 552 g/mol. The molecule has 0 saturated heterocycles. The van der Waals surface area contributed by atoms with Crippen molar-refractivity contribution >= 4 is 93.7 Å². The molecule has 2 N–H and O–H groups in total. The van der Waals surface area contributed by atoms with Crippen molar-refractivity contribution < 1.29 is 0 Å². The van der Waals surface area contributed by atoms with E-state index in [-0.39, 0.29) is 0 Å². The molecule has 2 aromatic heterocycles. The summed E-state index contributed by atoms with van der Waals surface area (Å²) in [4.78, 5) is 6.90. The zero-order chi connectivity index (χ0) is 23.1. The van der Waals surface area contributed by atoms with Gasteiger partial charge in [-0.25, -0.2) is 0 Å². The van der Waals surface area contributed by atoms with Crippen molar-refractivity contribution in [2.24, 2.45) is 0 Å². The quantitative estimate of drug-likeness (QED) is 0.196. The van der Waals surface area contributed by atoms with Crippen molar-refractivity contribution in [1.29, 1.82) is 0 Å². The number of pyridine rings is 2. The fourth-order valence-electron chi connectivity index (χ4n) is 5.97. The minimum absolute atomic E-state index is 1.17. The Labute approximate surface area is 210 Å². The molecule has 0 aliphatic rings. The summed E-state index contributed by atoms with van der Waals surface area (Å²) >= 11 is 7.84. The Bertz CT molecular complexity index is 1610. The Morgan fingerprint density at radius 1 is 0.606 bits per heavy atom. The molecule has 0 fully saturated rings. The second-order valence-corrected chi connectivity index (χ2v) is 15.4. The van der Waals surface area contributed by atoms with Crippen molar-refractivity contribution in [3.05, 3.63) is 81.0 Å². The maximum atomic E-state index is 3.92. The van der Waals surface area contributed by atoms with Gasteiger partial charge in [-0.1, -0.05) is 48.5 Å². The summed E-state index contributed by atoms with van der Waals surface area (Å²) in [6, 6.07) is 17.9. The molecule has 6 aromatic rings. The SMILES string of the molecule is Cc1cc2c(Br)c3ccc[nH]c3cc2c1[Si](C)(C)c1c(C)cc2c(Br)c3ccc[nH]c3cc12. The Balaban J connectivity index is 1.70. The largest absolute Gasteiger partial charge is 0.361 e. The van der Waals surface area contributed by atoms with Gasteiger partial charge in [0.05, 0.1) is 0 Å². The number of fused-ring (bicyclic) bond motifs is 4. The lowest BCUT2D eigenvalue weighted by molar-refractivity contribution is 1.42. The molecule has 0 saturated carbocycles. The molecular formula is C28H24Br2N2Si. The van der Waals surface area contributed by atoms with E-state index in [0.29, 0.717) is 0 Å². The van der Waals surface area contributed by atoms with Gasteiger partial charge < -0.3 is 9.97 Å². The molecule has 0 spiro atoms. The number of benzene rings is 2. The van der Waals surface area contributed by atoms with Crippen LogP contribution in [0, 0.1) is 13.8 Å². The Kier molecular flexibility index (Phi) is 4.71. The topological polar surface area (TPSA) is 31.6 Å². The molecule has 0 aliphatic carbocycles. The molecule has 0 aliphatic heterocycles. The van der Waals surface area contributed by atoms with Crippen molar-refractivity contribution in [1.82, 2.24) is 9.97 Å². The molecule has 2 nitrogen and oxygen atoms in total. The van der Waals surface area contributed by atoms with E-state index in [1.165, 1.54) is 73.8 Å². The first-order chi connectivity index (χ1) is 15.8. The van der Waals surface area contributed by atoms with Crippen LogP contribution in [-0.4, -0.2) is 18.0 Å². The van der Waals surface area contributed by atoms with Crippen molar-refractivity contribution in [2.45, 2.75) is 26.9 Å². The second kappa shape index (κ2) is 7.33. The van der Waals surface area contributed by atoms with Gasteiger partial charge in [0.1, 0.15) is 8.07 Å². The summed E-state index contributed by atoms with van der Waals surface area (Å²) < 4.78 is 2.36. The van der Waals surface area contributed by atoms with Crippen LogP contribution in [0.25, 0.3) is 43.4 Å². The minimum Gasteiger partial charge on any atom is -0.361 e. The molecule has 0 bridgehead atoms. The highest BCUT2D eigenvalue weighted by molar-refractivity contribution is 9.11. The fraction of sp³-hybridized carbons (Fsp3) is 0.143. The van der Waals surface area contributed by atoms with Gasteiger partial charge in [-0.2, -0.15) is 0 Å². The van der Waals surface area contributed by atoms with E-state index < -0.39 is 8.07 Å². The molecule has 164 valence electrons. The van der Waals surface area contributed by atoms with Crippen LogP contribution in [0.2, 0.25) is 13.1 Å². The lowest BCUT2D eigenvalue weighted by atomic mass is 10.1. The van der Waals surface area contributed by atoms with E-state index in [9.17, 15) is 0 Å². The summed E-state index contributed by atoms with van der Waals surface area (Å²) in [5, 5.41) is 10.9. The zero-order valence-electron chi connectivity index (χ0n) is 19.0. The normalized spacial score (nSPS) is 12.5. The number of nitrogens with one attached hydrogen (secondary N) is 2. The van der Waals surface area contributed by atoms with Gasteiger partial charge in [0, 0.05) is 43.1 Å². The maximum absolute atomic E-state index is 3.92. The highest BCUT2D eigenvalue weighted by Gasteiger charge is 2.35. The Hall–Kier alpha value is -2.34. The van der Waals surface area contributed by atoms with E-state index in [1.54, 1.807) is 0 Å². The molecule has 0 radical (unpaired) electrons. The lowest BCUT2D eigenvalue weighted by Gasteiger charge is -2.26. The molecule has 6 rings (SSSR count). The monoisotopic (exact) mass is 574 g/mol. The summed E-state index contributed by atoms with van der Waals surface area (Å²) in [6.45, 7) is 9.58. The van der Waals surface area contributed by atoms with E-state index in [4.69, 9.17) is 0 Å². The minimum atomic E-state index is -2.06. The first kappa shape index (κ1) is 21.2. The van der Waals surface area contributed by atoms with Crippen LogP contribution >= 0.6 is 31.9 Å². The van der Waals surface area contributed by atoms with E-state index in [2.05, 4.69) is 117 Å². The number of aromatic amines is 2. The van der Waals surface area contributed by atoms with Crippen molar-refractivity contribution in [2.75, 3.05) is 0 Å². The third kappa shape index (κ3) is 2.95. The molecule has 4 aromatic carbocycles. The van der Waals surface area contributed by atoms with Crippen LogP contribution in [-0.2, 0) is 0 Å². The van der Waals surface area contributed by atoms with E-state index >= 15 is 0 Å². The van der Waals surface area contributed by atoms with Gasteiger partial charge in [0.25, 0.3) is 0 Å². The van der Waals surface area contributed by atoms with Crippen LogP contribution < -0.4 is 10.4 Å². The third-order valence-electron chi connectivity index (χ3n) is 7.18. The van der Waals surface area contributed by atoms with Gasteiger partial charge in [0.15, 0.2) is 0 Å². The Morgan fingerprint density at radius 3 is 1.45 bits per heavy atom. The van der Waals surface area contributed by atoms with E-state index in [1.807, 2.05) is 12.4 Å². The predicted molar refractivity (Wildman–Crippen MR) is 153 cm³/mol. The number of aromatic nitrogens is 2. The van der Waals surface area contributed by atoms with Gasteiger partial charge in [-0.05, 0) is 102 Å². The average Bonchev–Trinajstić information content (AvgIpc) is 3.31. The molecule has 5 heteroatoms. The van der Waals surface area contributed by atoms with Crippen LogP contribution in [0.4, 0.5) is 0 Å². The molecule has 2 heterocycles. The van der Waals surface area contributed by atoms with Crippen LogP contribution in [0.3, 0.4) is 0 Å². The Morgan fingerprint density at radius 2 is 1.03 bits per heavy atom. The molecule has 0 amide bonds. The first-order valence-corrected chi connectivity index (χ1v) is 15.8. The number of H-pyrrole nitrogens is 2. The zero-order valence-corrected chi connectivity index (χ0v) is 23.2. The van der Waals surface area contributed by atoms with Gasteiger partial charge in [-0.15, -0.1) is 0 Å². The summed E-state index contributed by atoms with van der Waals surface area (Å²) in [7, 11) is -2.06. The first-order valence-electron chi connectivity index (χ1n) is 11.2. The third-order valence-corrected chi connectivity index (χ3v) is 12.7. The molecule has 33 heavy (non-hydrogen) atoms. The smallest absolute Gasteiger partial charge is 0.114 e. The highest BCUT2D eigenvalue weighted by Crippen LogP contribution is 2.37. The van der Waals surface area contributed by atoms with Gasteiger partial charge in [-0.3, -0.25) is 0 Å². The van der Waals surface area contributed by atoms with Gasteiger partial charge >= 0.3 is 0 Å². The lowest BCUT2D eigenvalue weighted by Crippen LogP contribution is -2.54. The van der Waals surface area contributed by atoms with Crippen LogP contribution in [0.1, 0.15) is 11.1 Å². The molecule has 0 atom stereocenters. The fourth-order valence-corrected chi connectivity index (χ4v) is 11.4. The van der Waals surface area contributed by atoms with Crippen LogP contribution in [0.5, 0.6) is 0 Å². The van der Waals surface area contributed by atoms with Crippen molar-refractivity contribution in [3.63, 3.8) is 0 Å². The summed E-state index contributed by atoms with van der Waals surface area (Å²) in [5.74, 6) is 0. The highest BCUT2D eigenvalue weighted by atomic mass is 79.9. The standard InChI is InChI=1S/C28H24Br2N2Si/c1-15-11-19-21(13-23-17(25(19)29)7-5-9-31-23)27(15)33(3,4)28-16(2)12-20-22(28)14-24-18(26(20)30)8-6-10-32-24/h5-14,31-32H,1-4H3. The van der Waals surface area contributed by atoms with Gasteiger partial charge in [0.2, 0.25) is 0 Å². The predicted octanol–water partition coefficient (Wildman–Crippen LogP) is 7.92. The number of halogens is 2. The summed E-state index contributed by atoms with van der Waals surface area (Å²) in [6.07, 6.45) is 4.01. The number of hydrogen-bond acceptors (Lipinski definition) is 0. The van der Waals surface area contributed by atoms with Crippen LogP contribution in [0.15, 0.2) is 69.9 Å². The number of hydrogen-bond donors (Lipinski definition) is 2. The van der Waals surface area contributed by atoms with E-state index in [0.717, 1.165) is 0 Å². The summed E-state index contributed by atoms with van der Waals surface area (Å²) in [5.41, 5.74) is 5.11. The molecule has 0 unspecified atom stereocenters. The number of rotatable bonds is 2. The van der Waals surface area contributed by atoms with Crippen molar-refractivity contribution in [3.8, 4) is 0 Å². The number of aryl methyl sites for hydroxylation is 2. The average molecular weight is 576 g/mol. The second-order valence-electron chi connectivity index (χ2n) is 9.60.